The van der Waals surface area contributed by atoms with Crippen molar-refractivity contribution < 1.29 is 10.0 Å². The molecule has 1 aromatic carbocycles. The van der Waals surface area contributed by atoms with Gasteiger partial charge in [0.25, 0.3) is 0 Å². The molecule has 0 aromatic heterocycles. The van der Waals surface area contributed by atoms with Crippen LogP contribution in [0, 0.1) is 12.8 Å². The third-order valence-electron chi connectivity index (χ3n) is 4.24. The van der Waals surface area contributed by atoms with E-state index in [0.29, 0.717) is 6.42 Å². The van der Waals surface area contributed by atoms with Gasteiger partial charge in [-0.2, -0.15) is 0 Å². The summed E-state index contributed by atoms with van der Waals surface area (Å²) >= 11 is 0. The molecule has 1 aliphatic carbocycles. The van der Waals surface area contributed by atoms with Crippen molar-refractivity contribution in [2.45, 2.75) is 45.1 Å². The van der Waals surface area contributed by atoms with Gasteiger partial charge in [0, 0.05) is 18.4 Å². The van der Waals surface area contributed by atoms with Gasteiger partial charge in [0.1, 0.15) is 5.84 Å². The van der Waals surface area contributed by atoms with E-state index >= 15 is 0 Å². The van der Waals surface area contributed by atoms with Crippen LogP contribution in [0.5, 0.6) is 0 Å². The van der Waals surface area contributed by atoms with Crippen LogP contribution >= 0.6 is 0 Å². The second-order valence-corrected chi connectivity index (χ2v) is 5.66. The Labute approximate surface area is 125 Å². The minimum Gasteiger partial charge on any atom is -0.409 e. The van der Waals surface area contributed by atoms with Crippen LogP contribution in [-0.4, -0.2) is 23.0 Å². The molecule has 1 saturated carbocycles. The van der Waals surface area contributed by atoms with Crippen molar-refractivity contribution in [2.24, 2.45) is 16.8 Å². The number of benzene rings is 1. The standard InChI is InChI=1S/C16H23N3O2/c1-11-5-2-3-6-12(11)9-10-15(20)18-14-8-4-7-13(14)16(17)19-21/h2-3,5-6,13-14,21H,4,7-10H2,1H3,(H2,17,19)(H,18,20). The molecule has 0 saturated heterocycles. The summed E-state index contributed by atoms with van der Waals surface area (Å²) in [5.74, 6) is 0.204. The van der Waals surface area contributed by atoms with Gasteiger partial charge in [0.05, 0.1) is 0 Å². The molecule has 2 unspecified atom stereocenters. The van der Waals surface area contributed by atoms with Crippen LogP contribution in [0.4, 0.5) is 0 Å². The Morgan fingerprint density at radius 2 is 2.19 bits per heavy atom. The molecule has 0 bridgehead atoms. The van der Waals surface area contributed by atoms with E-state index in [0.717, 1.165) is 25.7 Å². The lowest BCUT2D eigenvalue weighted by atomic mass is 10.0. The molecule has 0 heterocycles. The topological polar surface area (TPSA) is 87.7 Å². The van der Waals surface area contributed by atoms with E-state index in [-0.39, 0.29) is 23.7 Å². The van der Waals surface area contributed by atoms with Gasteiger partial charge < -0.3 is 16.3 Å². The first-order valence-corrected chi connectivity index (χ1v) is 7.43. The fourth-order valence-corrected chi connectivity index (χ4v) is 2.98. The Morgan fingerprint density at radius 3 is 2.90 bits per heavy atom. The monoisotopic (exact) mass is 289 g/mol. The Hall–Kier alpha value is -2.04. The number of aryl methyl sites for hydroxylation is 2. The molecule has 0 radical (unpaired) electrons. The number of nitrogens with one attached hydrogen (secondary N) is 1. The van der Waals surface area contributed by atoms with Gasteiger partial charge in [-0.1, -0.05) is 35.8 Å². The summed E-state index contributed by atoms with van der Waals surface area (Å²) in [7, 11) is 0. The lowest BCUT2D eigenvalue weighted by Crippen LogP contribution is -2.42. The fourth-order valence-electron chi connectivity index (χ4n) is 2.98. The Morgan fingerprint density at radius 1 is 1.43 bits per heavy atom. The van der Waals surface area contributed by atoms with Crippen molar-refractivity contribution in [2.75, 3.05) is 0 Å². The van der Waals surface area contributed by atoms with Crippen LogP contribution in [0.3, 0.4) is 0 Å². The number of nitrogens with zero attached hydrogens (tertiary/aromatic N) is 1. The maximum Gasteiger partial charge on any atom is 0.220 e. The lowest BCUT2D eigenvalue weighted by Gasteiger charge is -2.19. The van der Waals surface area contributed by atoms with E-state index < -0.39 is 0 Å². The number of amides is 1. The number of carbonyl (C=O) groups is 1. The quantitative estimate of drug-likeness (QED) is 0.335. The minimum absolute atomic E-state index is 0.00901. The van der Waals surface area contributed by atoms with Gasteiger partial charge in [-0.05, 0) is 37.3 Å². The van der Waals surface area contributed by atoms with E-state index in [9.17, 15) is 4.79 Å². The van der Waals surface area contributed by atoms with Crippen LogP contribution in [0.2, 0.25) is 0 Å². The number of nitrogens with two attached hydrogens (primary N) is 1. The molecule has 2 rings (SSSR count). The fraction of sp³-hybridized carbons (Fsp3) is 0.500. The van der Waals surface area contributed by atoms with E-state index in [1.54, 1.807) is 0 Å². The molecule has 0 aliphatic heterocycles. The molecule has 4 N–H and O–H groups in total. The zero-order valence-electron chi connectivity index (χ0n) is 12.4. The third-order valence-corrected chi connectivity index (χ3v) is 4.24. The highest BCUT2D eigenvalue weighted by Crippen LogP contribution is 2.26. The summed E-state index contributed by atoms with van der Waals surface area (Å²) < 4.78 is 0. The van der Waals surface area contributed by atoms with Gasteiger partial charge in [-0.15, -0.1) is 0 Å². The molecule has 5 nitrogen and oxygen atoms in total. The van der Waals surface area contributed by atoms with Crippen molar-refractivity contribution in [3.05, 3.63) is 35.4 Å². The summed E-state index contributed by atoms with van der Waals surface area (Å²) in [6.07, 6.45) is 3.93. The molecular weight excluding hydrogens is 266 g/mol. The first-order chi connectivity index (χ1) is 10.1. The Bertz CT molecular complexity index is 528. The first-order valence-electron chi connectivity index (χ1n) is 7.43. The number of hydrogen-bond donors (Lipinski definition) is 3. The average Bonchev–Trinajstić information content (AvgIpc) is 2.93. The SMILES string of the molecule is Cc1ccccc1CCC(=O)NC1CCCC1C(N)=NO. The van der Waals surface area contributed by atoms with Gasteiger partial charge in [0.15, 0.2) is 0 Å². The molecule has 1 aromatic rings. The highest BCUT2D eigenvalue weighted by molar-refractivity contribution is 5.84. The Kier molecular flexibility index (Phi) is 5.20. The second kappa shape index (κ2) is 7.11. The third kappa shape index (κ3) is 3.97. The maximum absolute atomic E-state index is 12.1. The lowest BCUT2D eigenvalue weighted by molar-refractivity contribution is -0.121. The molecule has 0 spiro atoms. The molecule has 1 amide bonds. The molecule has 114 valence electrons. The van der Waals surface area contributed by atoms with Crippen LogP contribution in [0.25, 0.3) is 0 Å². The zero-order chi connectivity index (χ0) is 15.2. The molecule has 5 heteroatoms. The van der Waals surface area contributed by atoms with Crippen LogP contribution in [0.15, 0.2) is 29.4 Å². The van der Waals surface area contributed by atoms with Crippen LogP contribution in [-0.2, 0) is 11.2 Å². The van der Waals surface area contributed by atoms with Crippen molar-refractivity contribution >= 4 is 11.7 Å². The predicted octanol–water partition coefficient (Wildman–Crippen LogP) is 1.96. The summed E-state index contributed by atoms with van der Waals surface area (Å²) in [5, 5.41) is 14.9. The van der Waals surface area contributed by atoms with Crippen LogP contribution in [0.1, 0.15) is 36.8 Å². The number of hydrogen-bond acceptors (Lipinski definition) is 3. The van der Waals surface area contributed by atoms with Crippen molar-refractivity contribution in [1.29, 1.82) is 0 Å². The smallest absolute Gasteiger partial charge is 0.220 e. The van der Waals surface area contributed by atoms with Gasteiger partial charge in [-0.25, -0.2) is 0 Å². The van der Waals surface area contributed by atoms with Crippen LogP contribution < -0.4 is 11.1 Å². The van der Waals surface area contributed by atoms with Gasteiger partial charge >= 0.3 is 0 Å². The van der Waals surface area contributed by atoms with E-state index in [2.05, 4.69) is 29.5 Å². The maximum atomic E-state index is 12.1. The Balaban J connectivity index is 1.86. The zero-order valence-corrected chi connectivity index (χ0v) is 12.4. The summed E-state index contributed by atoms with van der Waals surface area (Å²) in [6.45, 7) is 2.05. The number of rotatable bonds is 5. The largest absolute Gasteiger partial charge is 0.409 e. The normalized spacial score (nSPS) is 22.2. The van der Waals surface area contributed by atoms with Crippen molar-refractivity contribution in [1.82, 2.24) is 5.32 Å². The second-order valence-electron chi connectivity index (χ2n) is 5.66. The van der Waals surface area contributed by atoms with Gasteiger partial charge in [0.2, 0.25) is 5.91 Å². The van der Waals surface area contributed by atoms with Crippen molar-refractivity contribution in [3.63, 3.8) is 0 Å². The molecule has 1 fully saturated rings. The highest BCUT2D eigenvalue weighted by atomic mass is 16.4. The minimum atomic E-state index is -0.0441. The van der Waals surface area contributed by atoms with Crippen molar-refractivity contribution in [3.8, 4) is 0 Å². The summed E-state index contributed by atoms with van der Waals surface area (Å²) in [5.41, 5.74) is 8.09. The molecular formula is C16H23N3O2. The van der Waals surface area contributed by atoms with Gasteiger partial charge in [-0.3, -0.25) is 4.79 Å². The summed E-state index contributed by atoms with van der Waals surface area (Å²) in [6, 6.07) is 8.09. The first kappa shape index (κ1) is 15.4. The molecule has 21 heavy (non-hydrogen) atoms. The summed E-state index contributed by atoms with van der Waals surface area (Å²) in [4.78, 5) is 12.1. The van der Waals surface area contributed by atoms with E-state index in [1.807, 2.05) is 12.1 Å². The predicted molar refractivity (Wildman–Crippen MR) is 82.2 cm³/mol. The van der Waals surface area contributed by atoms with E-state index in [4.69, 9.17) is 10.9 Å². The molecule has 2 atom stereocenters. The van der Waals surface area contributed by atoms with E-state index in [1.165, 1.54) is 11.1 Å². The molecule has 1 aliphatic rings. The number of oxime groups is 1. The highest BCUT2D eigenvalue weighted by Gasteiger charge is 2.31. The number of carbonyl (C=O) groups excluding carboxylic acids is 1. The number of amidine groups is 1. The average molecular weight is 289 g/mol.